The predicted octanol–water partition coefficient (Wildman–Crippen LogP) is 2.77. The molecule has 1 N–H and O–H groups in total. The van der Waals surface area contributed by atoms with Crippen LogP contribution in [-0.2, 0) is 6.42 Å². The first-order valence-electron chi connectivity index (χ1n) is 5.40. The van der Waals surface area contributed by atoms with E-state index >= 15 is 0 Å². The number of aromatic nitrogens is 1. The molecule has 1 heterocycles. The number of rotatable bonds is 6. The summed E-state index contributed by atoms with van der Waals surface area (Å²) < 4.78 is 0. The molecule has 0 aliphatic rings. The number of nitrogens with one attached hydrogen (secondary N) is 1. The Morgan fingerprint density at radius 2 is 2.14 bits per heavy atom. The molecule has 1 rings (SSSR count). The average Bonchev–Trinajstić information content (AvgIpc) is 2.59. The van der Waals surface area contributed by atoms with Crippen LogP contribution < -0.4 is 5.32 Å². The Bertz CT molecular complexity index is 254. The molecule has 1 aromatic rings. The van der Waals surface area contributed by atoms with Crippen molar-refractivity contribution in [2.75, 3.05) is 6.54 Å². The van der Waals surface area contributed by atoms with Gasteiger partial charge in [0, 0.05) is 30.1 Å². The van der Waals surface area contributed by atoms with Crippen LogP contribution in [0.1, 0.15) is 37.4 Å². The van der Waals surface area contributed by atoms with Gasteiger partial charge in [-0.05, 0) is 19.8 Å². The zero-order valence-electron chi connectivity index (χ0n) is 9.34. The molecule has 0 radical (unpaired) electrons. The van der Waals surface area contributed by atoms with Gasteiger partial charge in [-0.2, -0.15) is 0 Å². The van der Waals surface area contributed by atoms with Crippen LogP contribution in [0.15, 0.2) is 5.38 Å². The van der Waals surface area contributed by atoms with Gasteiger partial charge in [-0.3, -0.25) is 0 Å². The molecule has 0 fully saturated rings. The summed E-state index contributed by atoms with van der Waals surface area (Å²) >= 11 is 1.77. The molecule has 1 aromatic heterocycles. The van der Waals surface area contributed by atoms with Gasteiger partial charge < -0.3 is 5.32 Å². The van der Waals surface area contributed by atoms with Crippen LogP contribution in [0.2, 0.25) is 0 Å². The maximum absolute atomic E-state index is 4.44. The molecule has 0 aliphatic heterocycles. The first kappa shape index (κ1) is 11.7. The zero-order valence-corrected chi connectivity index (χ0v) is 10.2. The lowest BCUT2D eigenvalue weighted by atomic mass is 10.2. The van der Waals surface area contributed by atoms with Gasteiger partial charge in [-0.25, -0.2) is 4.98 Å². The molecule has 0 aliphatic carbocycles. The number of hydrogen-bond donors (Lipinski definition) is 1. The van der Waals surface area contributed by atoms with Gasteiger partial charge in [-0.15, -0.1) is 11.3 Å². The second kappa shape index (κ2) is 6.14. The van der Waals surface area contributed by atoms with E-state index in [0.717, 1.165) is 18.7 Å². The summed E-state index contributed by atoms with van der Waals surface area (Å²) in [6, 6.07) is 0.677. The third-order valence-electron chi connectivity index (χ3n) is 2.42. The minimum Gasteiger partial charge on any atom is -0.314 e. The second-order valence-electron chi connectivity index (χ2n) is 3.60. The summed E-state index contributed by atoms with van der Waals surface area (Å²) in [4.78, 5) is 4.44. The summed E-state index contributed by atoms with van der Waals surface area (Å²) in [5, 5.41) is 6.91. The minimum atomic E-state index is 0.677. The molecule has 0 bridgehead atoms. The van der Waals surface area contributed by atoms with E-state index in [-0.39, 0.29) is 0 Å². The van der Waals surface area contributed by atoms with Crippen LogP contribution in [0, 0.1) is 6.92 Å². The van der Waals surface area contributed by atoms with Gasteiger partial charge in [0.2, 0.25) is 0 Å². The van der Waals surface area contributed by atoms with E-state index in [1.807, 2.05) is 6.92 Å². The van der Waals surface area contributed by atoms with Crippen LogP contribution in [0.3, 0.4) is 0 Å². The molecular formula is C11H20N2S. The van der Waals surface area contributed by atoms with Crippen molar-refractivity contribution < 1.29 is 0 Å². The summed E-state index contributed by atoms with van der Waals surface area (Å²) in [7, 11) is 0. The fourth-order valence-corrected chi connectivity index (χ4v) is 2.25. The SMILES string of the molecule is CCC(CC)NCCc1nc(C)cs1. The first-order valence-corrected chi connectivity index (χ1v) is 6.28. The topological polar surface area (TPSA) is 24.9 Å². The highest BCUT2D eigenvalue weighted by Crippen LogP contribution is 2.08. The molecule has 0 amide bonds. The van der Waals surface area contributed by atoms with Gasteiger partial charge in [0.25, 0.3) is 0 Å². The Balaban J connectivity index is 2.21. The smallest absolute Gasteiger partial charge is 0.0940 e. The summed E-state index contributed by atoms with van der Waals surface area (Å²) in [6.07, 6.45) is 3.50. The van der Waals surface area contributed by atoms with Crippen molar-refractivity contribution in [2.45, 2.75) is 46.1 Å². The molecule has 0 saturated carbocycles. The lowest BCUT2D eigenvalue weighted by Crippen LogP contribution is -2.29. The third-order valence-corrected chi connectivity index (χ3v) is 3.45. The monoisotopic (exact) mass is 212 g/mol. The van der Waals surface area contributed by atoms with Crippen LogP contribution in [0.25, 0.3) is 0 Å². The predicted molar refractivity (Wildman–Crippen MR) is 62.9 cm³/mol. The van der Waals surface area contributed by atoms with Crippen molar-refractivity contribution in [1.29, 1.82) is 0 Å². The Hall–Kier alpha value is -0.410. The van der Waals surface area contributed by atoms with Crippen molar-refractivity contribution in [3.8, 4) is 0 Å². The van der Waals surface area contributed by atoms with E-state index in [0.29, 0.717) is 6.04 Å². The Morgan fingerprint density at radius 3 is 2.64 bits per heavy atom. The van der Waals surface area contributed by atoms with Gasteiger partial charge in [0.15, 0.2) is 0 Å². The Morgan fingerprint density at radius 1 is 1.43 bits per heavy atom. The van der Waals surface area contributed by atoms with Crippen LogP contribution in [0.4, 0.5) is 0 Å². The quantitative estimate of drug-likeness (QED) is 0.784. The van der Waals surface area contributed by atoms with E-state index in [1.165, 1.54) is 17.8 Å². The lowest BCUT2D eigenvalue weighted by molar-refractivity contribution is 0.488. The second-order valence-corrected chi connectivity index (χ2v) is 4.54. The molecule has 0 saturated heterocycles. The molecule has 0 aromatic carbocycles. The van der Waals surface area contributed by atoms with Crippen molar-refractivity contribution in [2.24, 2.45) is 0 Å². The fraction of sp³-hybridized carbons (Fsp3) is 0.727. The molecule has 0 unspecified atom stereocenters. The lowest BCUT2D eigenvalue weighted by Gasteiger charge is -2.13. The van der Waals surface area contributed by atoms with Crippen LogP contribution in [0.5, 0.6) is 0 Å². The van der Waals surface area contributed by atoms with Crippen molar-refractivity contribution in [1.82, 2.24) is 10.3 Å². The molecule has 14 heavy (non-hydrogen) atoms. The minimum absolute atomic E-state index is 0.677. The molecule has 80 valence electrons. The normalized spacial score (nSPS) is 11.1. The molecule has 2 nitrogen and oxygen atoms in total. The molecule has 3 heteroatoms. The molecule has 0 spiro atoms. The van der Waals surface area contributed by atoms with Gasteiger partial charge in [0.05, 0.1) is 5.01 Å². The maximum Gasteiger partial charge on any atom is 0.0940 e. The number of aryl methyl sites for hydroxylation is 1. The summed E-state index contributed by atoms with van der Waals surface area (Å²) in [5.41, 5.74) is 1.15. The number of hydrogen-bond acceptors (Lipinski definition) is 3. The Labute approximate surface area is 90.8 Å². The Kier molecular flexibility index (Phi) is 5.12. The number of thiazole rings is 1. The highest BCUT2D eigenvalue weighted by molar-refractivity contribution is 7.09. The third kappa shape index (κ3) is 3.76. The van der Waals surface area contributed by atoms with E-state index in [9.17, 15) is 0 Å². The van der Waals surface area contributed by atoms with Gasteiger partial charge in [0.1, 0.15) is 0 Å². The van der Waals surface area contributed by atoms with E-state index in [2.05, 4.69) is 29.5 Å². The molecular weight excluding hydrogens is 192 g/mol. The molecule has 0 atom stereocenters. The van der Waals surface area contributed by atoms with Gasteiger partial charge >= 0.3 is 0 Å². The van der Waals surface area contributed by atoms with E-state index in [1.54, 1.807) is 11.3 Å². The highest BCUT2D eigenvalue weighted by atomic mass is 32.1. The highest BCUT2D eigenvalue weighted by Gasteiger charge is 2.02. The van der Waals surface area contributed by atoms with Crippen LogP contribution in [-0.4, -0.2) is 17.6 Å². The largest absolute Gasteiger partial charge is 0.314 e. The maximum atomic E-state index is 4.44. The average molecular weight is 212 g/mol. The fourth-order valence-electron chi connectivity index (χ4n) is 1.48. The van der Waals surface area contributed by atoms with Gasteiger partial charge in [-0.1, -0.05) is 13.8 Å². The van der Waals surface area contributed by atoms with Crippen molar-refractivity contribution in [3.63, 3.8) is 0 Å². The van der Waals surface area contributed by atoms with E-state index in [4.69, 9.17) is 0 Å². The van der Waals surface area contributed by atoms with E-state index < -0.39 is 0 Å². The van der Waals surface area contributed by atoms with Crippen molar-refractivity contribution in [3.05, 3.63) is 16.1 Å². The zero-order chi connectivity index (χ0) is 10.4. The van der Waals surface area contributed by atoms with Crippen molar-refractivity contribution >= 4 is 11.3 Å². The summed E-state index contributed by atoms with van der Waals surface area (Å²) in [6.45, 7) is 7.57. The standard InChI is InChI=1S/C11H20N2S/c1-4-10(5-2)12-7-6-11-13-9(3)8-14-11/h8,10,12H,4-7H2,1-3H3. The van der Waals surface area contributed by atoms with Crippen LogP contribution >= 0.6 is 11.3 Å². The first-order chi connectivity index (χ1) is 6.76. The summed E-state index contributed by atoms with van der Waals surface area (Å²) in [5.74, 6) is 0. The number of nitrogens with zero attached hydrogens (tertiary/aromatic N) is 1.